The first-order valence-corrected chi connectivity index (χ1v) is 7.97. The fourth-order valence-corrected chi connectivity index (χ4v) is 3.34. The molecular weight excluding hydrogens is 286 g/mol. The lowest BCUT2D eigenvalue weighted by Crippen LogP contribution is -2.19. The molecule has 1 aliphatic carbocycles. The number of para-hydroxylation sites is 1. The summed E-state index contributed by atoms with van der Waals surface area (Å²) in [5, 5.41) is 3.70. The second-order valence-electron chi connectivity index (χ2n) is 5.83. The highest BCUT2D eigenvalue weighted by Gasteiger charge is 2.21. The van der Waals surface area contributed by atoms with Gasteiger partial charge in [0.15, 0.2) is 0 Å². The van der Waals surface area contributed by atoms with Crippen LogP contribution in [0.2, 0.25) is 0 Å². The van der Waals surface area contributed by atoms with Gasteiger partial charge in [0.05, 0.1) is 0 Å². The van der Waals surface area contributed by atoms with E-state index >= 15 is 0 Å². The minimum absolute atomic E-state index is 0.646. The summed E-state index contributed by atoms with van der Waals surface area (Å²) in [4.78, 5) is 0. The molecule has 0 radical (unpaired) electrons. The minimum Gasteiger partial charge on any atom is -0.381 e. The number of nitrogens with one attached hydrogen (secondary N) is 1. The molecule has 0 saturated heterocycles. The number of rotatable bonds is 3. The summed E-state index contributed by atoms with van der Waals surface area (Å²) in [6.07, 6.45) is 6.77. The zero-order valence-corrected chi connectivity index (χ0v) is 13.0. The van der Waals surface area contributed by atoms with Crippen molar-refractivity contribution in [1.82, 2.24) is 0 Å². The van der Waals surface area contributed by atoms with Crippen molar-refractivity contribution >= 4 is 21.6 Å². The number of hydrogen-bond donors (Lipinski definition) is 1. The maximum atomic E-state index is 3.70. The smallest absolute Gasteiger partial charge is 0.0486 e. The molecule has 0 aliphatic heterocycles. The Bertz CT molecular complexity index is 375. The van der Waals surface area contributed by atoms with Gasteiger partial charge in [-0.2, -0.15) is 0 Å². The van der Waals surface area contributed by atoms with Crippen LogP contribution in [-0.4, -0.2) is 6.04 Å². The Hall–Kier alpha value is -0.500. The van der Waals surface area contributed by atoms with Gasteiger partial charge in [-0.05, 0) is 59.2 Å². The fraction of sp³-hybridized carbons (Fsp3) is 0.625. The van der Waals surface area contributed by atoms with Gasteiger partial charge in [-0.25, -0.2) is 0 Å². The van der Waals surface area contributed by atoms with Crippen molar-refractivity contribution in [2.24, 2.45) is 11.8 Å². The first-order chi connectivity index (χ1) is 8.66. The van der Waals surface area contributed by atoms with E-state index in [1.54, 1.807) is 0 Å². The molecule has 0 amide bonds. The fourth-order valence-electron chi connectivity index (χ4n) is 2.94. The molecule has 1 aliphatic rings. The van der Waals surface area contributed by atoms with Crippen LogP contribution in [0.3, 0.4) is 0 Å². The van der Waals surface area contributed by atoms with Crippen molar-refractivity contribution < 1.29 is 0 Å². The van der Waals surface area contributed by atoms with Gasteiger partial charge < -0.3 is 5.32 Å². The second-order valence-corrected chi connectivity index (χ2v) is 6.69. The summed E-state index contributed by atoms with van der Waals surface area (Å²) in [5.41, 5.74) is 1.24. The third-order valence-electron chi connectivity index (χ3n) is 4.19. The molecule has 2 unspecified atom stereocenters. The van der Waals surface area contributed by atoms with Crippen molar-refractivity contribution in [3.63, 3.8) is 0 Å². The van der Waals surface area contributed by atoms with E-state index in [2.05, 4.69) is 59.4 Å². The van der Waals surface area contributed by atoms with E-state index in [1.165, 1.54) is 42.3 Å². The van der Waals surface area contributed by atoms with E-state index in [-0.39, 0.29) is 0 Å². The summed E-state index contributed by atoms with van der Waals surface area (Å²) in [6, 6.07) is 9.08. The minimum atomic E-state index is 0.646. The maximum absolute atomic E-state index is 3.70. The molecule has 1 nitrogen and oxygen atoms in total. The Morgan fingerprint density at radius 2 is 1.89 bits per heavy atom. The van der Waals surface area contributed by atoms with E-state index in [1.807, 2.05) is 0 Å². The van der Waals surface area contributed by atoms with Crippen LogP contribution in [0.1, 0.15) is 46.0 Å². The highest BCUT2D eigenvalue weighted by atomic mass is 79.9. The van der Waals surface area contributed by atoms with E-state index in [0.29, 0.717) is 6.04 Å². The molecule has 1 fully saturated rings. The van der Waals surface area contributed by atoms with Crippen molar-refractivity contribution in [2.75, 3.05) is 5.32 Å². The number of benzene rings is 1. The number of halogens is 1. The van der Waals surface area contributed by atoms with Crippen LogP contribution in [0, 0.1) is 11.8 Å². The van der Waals surface area contributed by atoms with Crippen LogP contribution < -0.4 is 5.32 Å². The van der Waals surface area contributed by atoms with E-state index in [0.717, 1.165) is 11.8 Å². The van der Waals surface area contributed by atoms with Gasteiger partial charge in [-0.3, -0.25) is 0 Å². The van der Waals surface area contributed by atoms with Gasteiger partial charge >= 0.3 is 0 Å². The van der Waals surface area contributed by atoms with E-state index < -0.39 is 0 Å². The van der Waals surface area contributed by atoms with Crippen molar-refractivity contribution in [2.45, 2.75) is 52.0 Å². The first kappa shape index (κ1) is 13.9. The summed E-state index contributed by atoms with van der Waals surface area (Å²) < 4.78 is 1.18. The van der Waals surface area contributed by atoms with Crippen LogP contribution in [0.25, 0.3) is 0 Å². The molecule has 2 heteroatoms. The average Bonchev–Trinajstić information content (AvgIpc) is 2.58. The highest BCUT2D eigenvalue weighted by molar-refractivity contribution is 9.10. The predicted molar refractivity (Wildman–Crippen MR) is 83.0 cm³/mol. The molecule has 18 heavy (non-hydrogen) atoms. The van der Waals surface area contributed by atoms with Crippen LogP contribution in [-0.2, 0) is 0 Å². The van der Waals surface area contributed by atoms with Gasteiger partial charge in [0.2, 0.25) is 0 Å². The molecule has 2 rings (SSSR count). The highest BCUT2D eigenvalue weighted by Crippen LogP contribution is 2.31. The molecule has 2 atom stereocenters. The van der Waals surface area contributed by atoms with Gasteiger partial charge in [0, 0.05) is 16.2 Å². The number of hydrogen-bond acceptors (Lipinski definition) is 1. The standard InChI is InChI=1S/C16H24BrN/c1-12(2)13-6-5-7-14(11-10-13)18-16-9-4-3-8-15(16)17/h3-4,8-9,12-14,18H,5-7,10-11H2,1-2H3. The molecule has 0 heterocycles. The molecule has 0 bridgehead atoms. The zero-order chi connectivity index (χ0) is 13.0. The average molecular weight is 310 g/mol. The lowest BCUT2D eigenvalue weighted by atomic mass is 9.89. The van der Waals surface area contributed by atoms with Gasteiger partial charge in [0.1, 0.15) is 0 Å². The van der Waals surface area contributed by atoms with E-state index in [4.69, 9.17) is 0 Å². The number of anilines is 1. The van der Waals surface area contributed by atoms with Crippen LogP contribution in [0.15, 0.2) is 28.7 Å². The zero-order valence-electron chi connectivity index (χ0n) is 11.5. The molecule has 1 aromatic rings. The molecule has 1 N–H and O–H groups in total. The molecule has 0 spiro atoms. The summed E-state index contributed by atoms with van der Waals surface area (Å²) >= 11 is 3.62. The third kappa shape index (κ3) is 3.74. The van der Waals surface area contributed by atoms with Gasteiger partial charge in [-0.15, -0.1) is 0 Å². The monoisotopic (exact) mass is 309 g/mol. The topological polar surface area (TPSA) is 12.0 Å². The van der Waals surface area contributed by atoms with Crippen LogP contribution in [0.4, 0.5) is 5.69 Å². The Kier molecular flexibility index (Phi) is 5.11. The predicted octanol–water partition coefficient (Wildman–Crippen LogP) is 5.47. The third-order valence-corrected chi connectivity index (χ3v) is 4.88. The summed E-state index contributed by atoms with van der Waals surface area (Å²) in [7, 11) is 0. The molecular formula is C16H24BrN. The molecule has 100 valence electrons. The lowest BCUT2D eigenvalue weighted by Gasteiger charge is -2.20. The normalized spacial score (nSPS) is 24.9. The largest absolute Gasteiger partial charge is 0.381 e. The maximum Gasteiger partial charge on any atom is 0.0486 e. The Balaban J connectivity index is 1.93. The van der Waals surface area contributed by atoms with Crippen molar-refractivity contribution in [3.05, 3.63) is 28.7 Å². The van der Waals surface area contributed by atoms with Gasteiger partial charge in [0.25, 0.3) is 0 Å². The summed E-state index contributed by atoms with van der Waals surface area (Å²) in [5.74, 6) is 1.77. The lowest BCUT2D eigenvalue weighted by molar-refractivity contribution is 0.341. The van der Waals surface area contributed by atoms with Crippen molar-refractivity contribution in [1.29, 1.82) is 0 Å². The quantitative estimate of drug-likeness (QED) is 0.730. The SMILES string of the molecule is CC(C)C1CCCC(Nc2ccccc2Br)CC1. The summed E-state index contributed by atoms with van der Waals surface area (Å²) in [6.45, 7) is 4.73. The molecule has 1 saturated carbocycles. The molecule has 0 aromatic heterocycles. The Morgan fingerprint density at radius 1 is 1.11 bits per heavy atom. The Morgan fingerprint density at radius 3 is 2.61 bits per heavy atom. The van der Waals surface area contributed by atoms with Gasteiger partial charge in [-0.1, -0.05) is 38.8 Å². The first-order valence-electron chi connectivity index (χ1n) is 7.18. The Labute approximate surface area is 119 Å². The van der Waals surface area contributed by atoms with Crippen molar-refractivity contribution in [3.8, 4) is 0 Å². The second kappa shape index (κ2) is 6.60. The van der Waals surface area contributed by atoms with E-state index in [9.17, 15) is 0 Å². The van der Waals surface area contributed by atoms with Crippen LogP contribution in [0.5, 0.6) is 0 Å². The van der Waals surface area contributed by atoms with Crippen LogP contribution >= 0.6 is 15.9 Å². The molecule has 1 aromatic carbocycles.